The van der Waals surface area contributed by atoms with Crippen molar-refractivity contribution in [1.82, 2.24) is 30.7 Å². The summed E-state index contributed by atoms with van der Waals surface area (Å²) in [7, 11) is 0. The number of hydrogen-bond donors (Lipinski definition) is 3. The number of carbonyl (C=O) groups excluding carboxylic acids is 2. The Bertz CT molecular complexity index is 1400. The molecule has 1 unspecified atom stereocenters. The molecule has 35 heavy (non-hydrogen) atoms. The van der Waals surface area contributed by atoms with Gasteiger partial charge in [0.25, 0.3) is 11.8 Å². The predicted molar refractivity (Wildman–Crippen MR) is 126 cm³/mol. The average molecular weight is 473 g/mol. The minimum Gasteiger partial charge on any atom is -0.347 e. The first-order valence-corrected chi connectivity index (χ1v) is 11.4. The molecular weight excluding hydrogens is 448 g/mol. The predicted octanol–water partition coefficient (Wildman–Crippen LogP) is 2.32. The van der Waals surface area contributed by atoms with Crippen LogP contribution in [-0.4, -0.2) is 38.0 Å². The standard InChI is InChI=1S/C25H24N6O4/c1-14-3-2-4-15(9-14)12-26-23(32)20-11-21(28-13-27-20)24(33)29-19-8-6-16-10-17(5-7-18(16)19)22-30-25(34)35-31-22/h2-4,7,9-11,13,17,19H,5-6,8,12H2,1H3,(H,26,32)(H,29,33)(H,30,31,34)/t17?,19-/m0/s1. The van der Waals surface area contributed by atoms with Crippen LogP contribution in [0.2, 0.25) is 0 Å². The number of nitrogens with zero attached hydrogens (tertiary/aromatic N) is 3. The van der Waals surface area contributed by atoms with Gasteiger partial charge in [0.2, 0.25) is 0 Å². The van der Waals surface area contributed by atoms with E-state index in [9.17, 15) is 14.4 Å². The molecule has 5 rings (SSSR count). The highest BCUT2D eigenvalue weighted by molar-refractivity contribution is 5.97. The van der Waals surface area contributed by atoms with Crippen LogP contribution in [0.3, 0.4) is 0 Å². The Morgan fingerprint density at radius 1 is 1.17 bits per heavy atom. The summed E-state index contributed by atoms with van der Waals surface area (Å²) in [6.07, 6.45) is 7.55. The van der Waals surface area contributed by atoms with Gasteiger partial charge in [0, 0.05) is 18.5 Å². The number of hydrogen-bond acceptors (Lipinski definition) is 7. The Labute approximate surface area is 200 Å². The molecule has 0 radical (unpaired) electrons. The first-order valence-electron chi connectivity index (χ1n) is 11.4. The fourth-order valence-corrected chi connectivity index (χ4v) is 4.52. The van der Waals surface area contributed by atoms with Gasteiger partial charge >= 0.3 is 5.76 Å². The molecular formula is C25H24N6O4. The zero-order valence-electron chi connectivity index (χ0n) is 19.1. The summed E-state index contributed by atoms with van der Waals surface area (Å²) in [5.74, 6) is -0.870. The van der Waals surface area contributed by atoms with Crippen molar-refractivity contribution in [3.8, 4) is 0 Å². The quantitative estimate of drug-likeness (QED) is 0.500. The molecule has 3 aromatic rings. The van der Waals surface area contributed by atoms with Crippen molar-refractivity contribution in [1.29, 1.82) is 0 Å². The van der Waals surface area contributed by atoms with Crippen molar-refractivity contribution in [2.24, 2.45) is 0 Å². The fraction of sp³-hybridized carbons (Fsp3) is 0.280. The summed E-state index contributed by atoms with van der Waals surface area (Å²) in [4.78, 5) is 47.4. The lowest BCUT2D eigenvalue weighted by Gasteiger charge is -2.20. The number of carbonyl (C=O) groups is 2. The zero-order valence-corrected chi connectivity index (χ0v) is 19.1. The number of allylic oxidation sites excluding steroid dienone is 2. The first kappa shape index (κ1) is 22.5. The molecule has 3 N–H and O–H groups in total. The Morgan fingerprint density at radius 2 is 2.00 bits per heavy atom. The number of rotatable bonds is 6. The van der Waals surface area contributed by atoms with Gasteiger partial charge in [-0.25, -0.2) is 14.8 Å². The lowest BCUT2D eigenvalue weighted by atomic mass is 9.90. The Morgan fingerprint density at radius 3 is 2.77 bits per heavy atom. The molecule has 10 heteroatoms. The van der Waals surface area contributed by atoms with E-state index in [2.05, 4.69) is 47.4 Å². The molecule has 178 valence electrons. The molecule has 10 nitrogen and oxygen atoms in total. The van der Waals surface area contributed by atoms with Crippen LogP contribution in [0.1, 0.15) is 63.1 Å². The third-order valence-electron chi connectivity index (χ3n) is 6.22. The summed E-state index contributed by atoms with van der Waals surface area (Å²) in [6.45, 7) is 2.35. The van der Waals surface area contributed by atoms with E-state index in [4.69, 9.17) is 0 Å². The topological polar surface area (TPSA) is 143 Å². The third-order valence-corrected chi connectivity index (χ3v) is 6.22. The summed E-state index contributed by atoms with van der Waals surface area (Å²) in [5, 5.41) is 9.63. The van der Waals surface area contributed by atoms with Crippen molar-refractivity contribution >= 4 is 11.8 Å². The zero-order chi connectivity index (χ0) is 24.4. The molecule has 2 aromatic heterocycles. The lowest BCUT2D eigenvalue weighted by molar-refractivity contribution is 0.0938. The number of amides is 2. The second-order valence-electron chi connectivity index (χ2n) is 8.70. The van der Waals surface area contributed by atoms with E-state index >= 15 is 0 Å². The minimum atomic E-state index is -0.571. The Kier molecular flexibility index (Phi) is 6.09. The molecule has 0 aliphatic heterocycles. The number of aryl methyl sites for hydroxylation is 1. The van der Waals surface area contributed by atoms with Crippen LogP contribution in [-0.2, 0) is 6.54 Å². The Balaban J connectivity index is 1.22. The van der Waals surface area contributed by atoms with Crippen molar-refractivity contribution in [2.45, 2.75) is 44.7 Å². The number of benzene rings is 1. The smallest absolute Gasteiger partial charge is 0.347 e. The van der Waals surface area contributed by atoms with Crippen LogP contribution in [0.4, 0.5) is 0 Å². The van der Waals surface area contributed by atoms with E-state index in [0.29, 0.717) is 18.8 Å². The van der Waals surface area contributed by atoms with E-state index in [0.717, 1.165) is 35.1 Å². The van der Waals surface area contributed by atoms with Gasteiger partial charge in [-0.3, -0.25) is 19.1 Å². The maximum Gasteiger partial charge on any atom is 0.438 e. The van der Waals surface area contributed by atoms with Crippen LogP contribution in [0.25, 0.3) is 0 Å². The number of nitrogens with one attached hydrogen (secondary N) is 3. The first-order chi connectivity index (χ1) is 17.0. The van der Waals surface area contributed by atoms with Crippen LogP contribution in [0, 0.1) is 6.92 Å². The largest absolute Gasteiger partial charge is 0.438 e. The van der Waals surface area contributed by atoms with Crippen LogP contribution < -0.4 is 16.4 Å². The molecule has 2 amide bonds. The monoisotopic (exact) mass is 472 g/mol. The minimum absolute atomic E-state index is 0.0580. The van der Waals surface area contributed by atoms with Gasteiger partial charge in [-0.2, -0.15) is 0 Å². The van der Waals surface area contributed by atoms with Crippen LogP contribution in [0.15, 0.2) is 69.3 Å². The van der Waals surface area contributed by atoms with E-state index in [1.165, 1.54) is 12.4 Å². The highest BCUT2D eigenvalue weighted by atomic mass is 16.5. The number of H-pyrrole nitrogens is 1. The van der Waals surface area contributed by atoms with Crippen molar-refractivity contribution in [2.75, 3.05) is 0 Å². The summed E-state index contributed by atoms with van der Waals surface area (Å²) < 4.78 is 4.61. The highest BCUT2D eigenvalue weighted by Gasteiger charge is 2.31. The fourth-order valence-electron chi connectivity index (χ4n) is 4.52. The van der Waals surface area contributed by atoms with Crippen LogP contribution >= 0.6 is 0 Å². The molecule has 0 bridgehead atoms. The van der Waals surface area contributed by atoms with E-state index in [-0.39, 0.29) is 35.2 Å². The molecule has 1 aromatic carbocycles. The maximum absolute atomic E-state index is 12.9. The molecule has 2 aliphatic carbocycles. The van der Waals surface area contributed by atoms with Crippen molar-refractivity contribution < 1.29 is 14.1 Å². The van der Waals surface area contributed by atoms with Crippen molar-refractivity contribution in [3.63, 3.8) is 0 Å². The third kappa shape index (κ3) is 4.96. The van der Waals surface area contributed by atoms with E-state index in [1.807, 2.05) is 31.2 Å². The second-order valence-corrected chi connectivity index (χ2v) is 8.70. The molecule has 2 aliphatic rings. The molecule has 1 fully saturated rings. The number of aromatic amines is 1. The van der Waals surface area contributed by atoms with Gasteiger partial charge in [0.1, 0.15) is 17.7 Å². The van der Waals surface area contributed by atoms with E-state index in [1.54, 1.807) is 0 Å². The Hall–Kier alpha value is -4.34. The molecule has 0 saturated heterocycles. The second kappa shape index (κ2) is 9.49. The van der Waals surface area contributed by atoms with Crippen LogP contribution in [0.5, 0.6) is 0 Å². The summed E-state index contributed by atoms with van der Waals surface area (Å²) in [5.41, 5.74) is 4.53. The number of aromatic nitrogens is 4. The normalized spacial score (nSPS) is 18.9. The van der Waals surface area contributed by atoms with Crippen molar-refractivity contribution in [3.05, 3.63) is 98.8 Å². The maximum atomic E-state index is 12.9. The van der Waals surface area contributed by atoms with Gasteiger partial charge in [0.05, 0.1) is 6.04 Å². The van der Waals surface area contributed by atoms with Gasteiger partial charge in [-0.1, -0.05) is 47.1 Å². The average Bonchev–Trinajstić information content (AvgIpc) is 3.48. The summed E-state index contributed by atoms with van der Waals surface area (Å²) in [6, 6.07) is 9.10. The summed E-state index contributed by atoms with van der Waals surface area (Å²) >= 11 is 0. The molecule has 2 heterocycles. The lowest BCUT2D eigenvalue weighted by Crippen LogP contribution is -2.35. The van der Waals surface area contributed by atoms with Gasteiger partial charge in [-0.15, -0.1) is 0 Å². The molecule has 0 spiro atoms. The SMILES string of the molecule is Cc1cccc(CNC(=O)c2cc(C(=O)N[C@H]3CCC4=CC(c5noc(=O)[nH]5)CC=C43)ncn2)c1. The van der Waals surface area contributed by atoms with E-state index < -0.39 is 5.76 Å². The van der Waals surface area contributed by atoms with Gasteiger partial charge in [-0.05, 0) is 42.9 Å². The van der Waals surface area contributed by atoms with Gasteiger partial charge < -0.3 is 10.6 Å². The highest BCUT2D eigenvalue weighted by Crippen LogP contribution is 2.38. The molecule has 1 saturated carbocycles. The number of fused-ring (bicyclic) bond motifs is 1. The van der Waals surface area contributed by atoms with Gasteiger partial charge in [0.15, 0.2) is 5.82 Å². The molecule has 2 atom stereocenters.